The molecule has 0 aromatic heterocycles. The predicted octanol–water partition coefficient (Wildman–Crippen LogP) is 2.22. The highest BCUT2D eigenvalue weighted by Crippen LogP contribution is 2.23. The summed E-state index contributed by atoms with van der Waals surface area (Å²) < 4.78 is 0. The lowest BCUT2D eigenvalue weighted by Gasteiger charge is -2.25. The van der Waals surface area contributed by atoms with Gasteiger partial charge in [0, 0.05) is 18.3 Å². The Balaban J connectivity index is 0.000000845. The van der Waals surface area contributed by atoms with E-state index in [0.29, 0.717) is 6.04 Å². The van der Waals surface area contributed by atoms with Gasteiger partial charge in [0.05, 0.1) is 0 Å². The van der Waals surface area contributed by atoms with Gasteiger partial charge in [-0.1, -0.05) is 18.2 Å². The molecule has 4 heteroatoms. The molecule has 14 heavy (non-hydrogen) atoms. The SMILES string of the molecule is Cl.Cl.NCC1CCc2ccccc2N1. The van der Waals surface area contributed by atoms with E-state index in [1.165, 1.54) is 11.3 Å². The summed E-state index contributed by atoms with van der Waals surface area (Å²) in [6.07, 6.45) is 2.32. The van der Waals surface area contributed by atoms with Crippen molar-refractivity contribution in [3.8, 4) is 0 Å². The molecular weight excluding hydrogens is 219 g/mol. The number of fused-ring (bicyclic) bond motifs is 1. The second-order valence-electron chi connectivity index (χ2n) is 3.27. The second kappa shape index (κ2) is 6.12. The average Bonchev–Trinajstić information content (AvgIpc) is 2.17. The molecule has 80 valence electrons. The smallest absolute Gasteiger partial charge is 0.0387 e. The average molecular weight is 235 g/mol. The van der Waals surface area contributed by atoms with Crippen LogP contribution in [0.4, 0.5) is 5.69 Å². The Bertz CT molecular complexity index is 279. The fraction of sp³-hybridized carbons (Fsp3) is 0.400. The molecule has 2 rings (SSSR count). The molecule has 0 amide bonds. The van der Waals surface area contributed by atoms with Crippen molar-refractivity contribution in [1.29, 1.82) is 0 Å². The number of halogens is 2. The lowest BCUT2D eigenvalue weighted by molar-refractivity contribution is 0.639. The first kappa shape index (κ1) is 13.6. The first-order chi connectivity index (χ1) is 5.90. The van der Waals surface area contributed by atoms with E-state index in [2.05, 4.69) is 29.6 Å². The van der Waals surface area contributed by atoms with E-state index >= 15 is 0 Å². The normalized spacial score (nSPS) is 18.2. The van der Waals surface area contributed by atoms with Gasteiger partial charge in [-0.2, -0.15) is 0 Å². The molecule has 1 aliphatic rings. The number of aryl methyl sites for hydroxylation is 1. The van der Waals surface area contributed by atoms with Gasteiger partial charge >= 0.3 is 0 Å². The highest BCUT2D eigenvalue weighted by Gasteiger charge is 2.14. The Morgan fingerprint density at radius 3 is 2.71 bits per heavy atom. The summed E-state index contributed by atoms with van der Waals surface area (Å²) in [5, 5.41) is 3.42. The van der Waals surface area contributed by atoms with Crippen LogP contribution in [0.2, 0.25) is 0 Å². The van der Waals surface area contributed by atoms with E-state index in [-0.39, 0.29) is 24.8 Å². The number of para-hydroxylation sites is 1. The number of anilines is 1. The number of nitrogens with one attached hydrogen (secondary N) is 1. The zero-order valence-electron chi connectivity index (χ0n) is 7.90. The quantitative estimate of drug-likeness (QED) is 0.783. The van der Waals surface area contributed by atoms with Crippen LogP contribution in [0, 0.1) is 0 Å². The molecular formula is C10H16Cl2N2. The van der Waals surface area contributed by atoms with Crippen LogP contribution in [0.15, 0.2) is 24.3 Å². The molecule has 1 unspecified atom stereocenters. The fourth-order valence-corrected chi connectivity index (χ4v) is 1.68. The largest absolute Gasteiger partial charge is 0.381 e. The van der Waals surface area contributed by atoms with Crippen molar-refractivity contribution in [2.75, 3.05) is 11.9 Å². The van der Waals surface area contributed by atoms with Crippen LogP contribution >= 0.6 is 24.8 Å². The maximum Gasteiger partial charge on any atom is 0.0387 e. The molecule has 0 fully saturated rings. The minimum Gasteiger partial charge on any atom is -0.381 e. The molecule has 0 radical (unpaired) electrons. The third-order valence-electron chi connectivity index (χ3n) is 2.42. The first-order valence-corrected chi connectivity index (χ1v) is 4.44. The van der Waals surface area contributed by atoms with Crippen LogP contribution < -0.4 is 11.1 Å². The first-order valence-electron chi connectivity index (χ1n) is 4.44. The highest BCUT2D eigenvalue weighted by atomic mass is 35.5. The Kier molecular flexibility index (Phi) is 5.93. The maximum absolute atomic E-state index is 5.60. The van der Waals surface area contributed by atoms with Crippen LogP contribution in [-0.2, 0) is 6.42 Å². The minimum atomic E-state index is 0. The third kappa shape index (κ3) is 2.77. The summed E-state index contributed by atoms with van der Waals surface area (Å²) in [6.45, 7) is 0.730. The van der Waals surface area contributed by atoms with Gasteiger partial charge in [0.1, 0.15) is 0 Å². The van der Waals surface area contributed by atoms with Crippen molar-refractivity contribution in [3.05, 3.63) is 29.8 Å². The Morgan fingerprint density at radius 2 is 2.00 bits per heavy atom. The monoisotopic (exact) mass is 234 g/mol. The van der Waals surface area contributed by atoms with Crippen molar-refractivity contribution in [2.24, 2.45) is 5.73 Å². The summed E-state index contributed by atoms with van der Waals surface area (Å²) in [4.78, 5) is 0. The van der Waals surface area contributed by atoms with Gasteiger partial charge in [-0.15, -0.1) is 24.8 Å². The zero-order valence-corrected chi connectivity index (χ0v) is 9.53. The van der Waals surface area contributed by atoms with Gasteiger partial charge in [-0.05, 0) is 24.5 Å². The molecule has 0 saturated carbocycles. The van der Waals surface area contributed by atoms with Gasteiger partial charge < -0.3 is 11.1 Å². The molecule has 0 saturated heterocycles. The van der Waals surface area contributed by atoms with Crippen molar-refractivity contribution >= 4 is 30.5 Å². The minimum absolute atomic E-state index is 0. The van der Waals surface area contributed by atoms with Gasteiger partial charge in [0.2, 0.25) is 0 Å². The van der Waals surface area contributed by atoms with E-state index in [1.54, 1.807) is 0 Å². The predicted molar refractivity (Wildman–Crippen MR) is 65.7 cm³/mol. The van der Waals surface area contributed by atoms with E-state index in [4.69, 9.17) is 5.73 Å². The van der Waals surface area contributed by atoms with Crippen molar-refractivity contribution in [1.82, 2.24) is 0 Å². The van der Waals surface area contributed by atoms with Crippen molar-refractivity contribution < 1.29 is 0 Å². The summed E-state index contributed by atoms with van der Waals surface area (Å²) in [7, 11) is 0. The van der Waals surface area contributed by atoms with E-state index in [9.17, 15) is 0 Å². The van der Waals surface area contributed by atoms with Gasteiger partial charge in [0.25, 0.3) is 0 Å². The molecule has 0 spiro atoms. The van der Waals surface area contributed by atoms with Crippen LogP contribution in [0.25, 0.3) is 0 Å². The number of nitrogens with two attached hydrogens (primary N) is 1. The third-order valence-corrected chi connectivity index (χ3v) is 2.42. The number of hydrogen-bond donors (Lipinski definition) is 2. The molecule has 1 heterocycles. The molecule has 1 aliphatic heterocycles. The molecule has 1 aromatic carbocycles. The summed E-state index contributed by atoms with van der Waals surface area (Å²) >= 11 is 0. The number of benzene rings is 1. The van der Waals surface area contributed by atoms with Crippen LogP contribution in [0.3, 0.4) is 0 Å². The number of rotatable bonds is 1. The zero-order chi connectivity index (χ0) is 8.39. The molecule has 0 bridgehead atoms. The maximum atomic E-state index is 5.60. The summed E-state index contributed by atoms with van der Waals surface area (Å²) in [5.74, 6) is 0. The van der Waals surface area contributed by atoms with Crippen LogP contribution in [-0.4, -0.2) is 12.6 Å². The van der Waals surface area contributed by atoms with Crippen LogP contribution in [0.1, 0.15) is 12.0 Å². The van der Waals surface area contributed by atoms with Crippen molar-refractivity contribution in [2.45, 2.75) is 18.9 Å². The molecule has 3 N–H and O–H groups in total. The van der Waals surface area contributed by atoms with Crippen LogP contribution in [0.5, 0.6) is 0 Å². The summed E-state index contributed by atoms with van der Waals surface area (Å²) in [6, 6.07) is 8.92. The molecule has 1 aromatic rings. The molecule has 1 atom stereocenters. The lowest BCUT2D eigenvalue weighted by Crippen LogP contribution is -2.32. The standard InChI is InChI=1S/C10H14N2.2ClH/c11-7-9-6-5-8-3-1-2-4-10(8)12-9;;/h1-4,9,12H,5-7,11H2;2*1H. The van der Waals surface area contributed by atoms with E-state index < -0.39 is 0 Å². The highest BCUT2D eigenvalue weighted by molar-refractivity contribution is 5.85. The van der Waals surface area contributed by atoms with E-state index in [0.717, 1.165) is 19.4 Å². The Morgan fingerprint density at radius 1 is 1.29 bits per heavy atom. The molecule has 2 nitrogen and oxygen atoms in total. The molecule has 0 aliphatic carbocycles. The van der Waals surface area contributed by atoms with Crippen molar-refractivity contribution in [3.63, 3.8) is 0 Å². The second-order valence-corrected chi connectivity index (χ2v) is 3.27. The van der Waals surface area contributed by atoms with Gasteiger partial charge in [0.15, 0.2) is 0 Å². The van der Waals surface area contributed by atoms with E-state index in [1.807, 2.05) is 0 Å². The Labute approximate surface area is 97.1 Å². The topological polar surface area (TPSA) is 38.0 Å². The number of hydrogen-bond acceptors (Lipinski definition) is 2. The fourth-order valence-electron chi connectivity index (χ4n) is 1.68. The lowest BCUT2D eigenvalue weighted by atomic mass is 9.98. The Hall–Kier alpha value is -0.440. The van der Waals surface area contributed by atoms with Gasteiger partial charge in [-0.3, -0.25) is 0 Å². The van der Waals surface area contributed by atoms with Gasteiger partial charge in [-0.25, -0.2) is 0 Å². The summed E-state index contributed by atoms with van der Waals surface area (Å²) in [5.41, 5.74) is 8.28.